The van der Waals surface area contributed by atoms with E-state index in [2.05, 4.69) is 21.2 Å². The number of aliphatic carboxylic acids is 1. The average molecular weight is 314 g/mol. The van der Waals surface area contributed by atoms with Crippen molar-refractivity contribution in [2.75, 3.05) is 6.54 Å². The summed E-state index contributed by atoms with van der Waals surface area (Å²) in [4.78, 5) is 22.0. The second kappa shape index (κ2) is 7.87. The molecule has 5 heteroatoms. The van der Waals surface area contributed by atoms with Crippen LogP contribution in [0.5, 0.6) is 0 Å². The second-order valence-corrected chi connectivity index (χ2v) is 4.88. The second-order valence-electron chi connectivity index (χ2n) is 3.97. The van der Waals surface area contributed by atoms with Gasteiger partial charge in [-0.2, -0.15) is 0 Å². The SMILES string of the molecule is O=C(O)CCCCCNC(=O)c1ccc(Br)cc1. The summed E-state index contributed by atoms with van der Waals surface area (Å²) in [7, 11) is 0. The fraction of sp³-hybridized carbons (Fsp3) is 0.385. The Morgan fingerprint density at radius 3 is 2.39 bits per heavy atom. The van der Waals surface area contributed by atoms with Crippen molar-refractivity contribution >= 4 is 27.8 Å². The molecule has 0 aromatic heterocycles. The lowest BCUT2D eigenvalue weighted by Crippen LogP contribution is -2.24. The zero-order valence-electron chi connectivity index (χ0n) is 9.99. The minimum atomic E-state index is -0.770. The molecule has 4 nitrogen and oxygen atoms in total. The highest BCUT2D eigenvalue weighted by molar-refractivity contribution is 9.10. The van der Waals surface area contributed by atoms with Gasteiger partial charge in [-0.15, -0.1) is 0 Å². The van der Waals surface area contributed by atoms with Gasteiger partial charge >= 0.3 is 5.97 Å². The van der Waals surface area contributed by atoms with E-state index in [-0.39, 0.29) is 12.3 Å². The molecule has 18 heavy (non-hydrogen) atoms. The van der Waals surface area contributed by atoms with E-state index in [0.29, 0.717) is 18.5 Å². The molecule has 2 N–H and O–H groups in total. The normalized spacial score (nSPS) is 10.1. The van der Waals surface area contributed by atoms with Crippen molar-refractivity contribution in [3.63, 3.8) is 0 Å². The van der Waals surface area contributed by atoms with Crippen LogP contribution >= 0.6 is 15.9 Å². The summed E-state index contributed by atoms with van der Waals surface area (Å²) >= 11 is 3.31. The molecule has 0 unspecified atom stereocenters. The van der Waals surface area contributed by atoms with Gasteiger partial charge in [0.15, 0.2) is 0 Å². The lowest BCUT2D eigenvalue weighted by Gasteiger charge is -2.05. The molecule has 0 saturated carbocycles. The summed E-state index contributed by atoms with van der Waals surface area (Å²) in [5, 5.41) is 11.3. The Morgan fingerprint density at radius 2 is 1.78 bits per heavy atom. The molecule has 0 fully saturated rings. The van der Waals surface area contributed by atoms with Gasteiger partial charge < -0.3 is 10.4 Å². The van der Waals surface area contributed by atoms with Crippen LogP contribution in [0.25, 0.3) is 0 Å². The highest BCUT2D eigenvalue weighted by atomic mass is 79.9. The lowest BCUT2D eigenvalue weighted by atomic mass is 10.2. The third-order valence-electron chi connectivity index (χ3n) is 2.46. The Hall–Kier alpha value is -1.36. The monoisotopic (exact) mass is 313 g/mol. The van der Waals surface area contributed by atoms with E-state index in [0.717, 1.165) is 17.3 Å². The van der Waals surface area contributed by atoms with Gasteiger partial charge in [0.2, 0.25) is 0 Å². The summed E-state index contributed by atoms with van der Waals surface area (Å²) in [6.45, 7) is 0.578. The van der Waals surface area contributed by atoms with Gasteiger partial charge in [-0.1, -0.05) is 22.4 Å². The van der Waals surface area contributed by atoms with Crippen molar-refractivity contribution < 1.29 is 14.7 Å². The van der Waals surface area contributed by atoms with Gasteiger partial charge in [0.25, 0.3) is 5.91 Å². The number of benzene rings is 1. The minimum Gasteiger partial charge on any atom is -0.481 e. The Labute approximate surface area is 115 Å². The molecule has 1 amide bonds. The highest BCUT2D eigenvalue weighted by Crippen LogP contribution is 2.10. The molecule has 0 aliphatic heterocycles. The third-order valence-corrected chi connectivity index (χ3v) is 2.99. The molecule has 98 valence electrons. The van der Waals surface area contributed by atoms with Crippen LogP contribution in [0.4, 0.5) is 0 Å². The van der Waals surface area contributed by atoms with Gasteiger partial charge in [0.1, 0.15) is 0 Å². The number of carboxylic acid groups (broad SMARTS) is 1. The molecule has 0 aliphatic carbocycles. The summed E-state index contributed by atoms with van der Waals surface area (Å²) < 4.78 is 0.938. The van der Waals surface area contributed by atoms with Crippen molar-refractivity contribution in [1.82, 2.24) is 5.32 Å². The molecule has 1 aromatic rings. The maximum Gasteiger partial charge on any atom is 0.303 e. The number of carboxylic acids is 1. The van der Waals surface area contributed by atoms with Crippen LogP contribution in [-0.2, 0) is 4.79 Å². The first-order valence-corrected chi connectivity index (χ1v) is 6.64. The first kappa shape index (κ1) is 14.7. The molecule has 1 rings (SSSR count). The molecule has 0 radical (unpaired) electrons. The first-order valence-electron chi connectivity index (χ1n) is 5.85. The van der Waals surface area contributed by atoms with Crippen LogP contribution in [0.2, 0.25) is 0 Å². The number of carbonyl (C=O) groups is 2. The number of amides is 1. The summed E-state index contributed by atoms with van der Waals surface area (Å²) in [6.07, 6.45) is 2.46. The quantitative estimate of drug-likeness (QED) is 0.761. The largest absolute Gasteiger partial charge is 0.481 e. The van der Waals surface area contributed by atoms with Crippen molar-refractivity contribution in [2.45, 2.75) is 25.7 Å². The lowest BCUT2D eigenvalue weighted by molar-refractivity contribution is -0.137. The van der Waals surface area contributed by atoms with Crippen LogP contribution < -0.4 is 5.32 Å². The van der Waals surface area contributed by atoms with Crippen molar-refractivity contribution in [2.24, 2.45) is 0 Å². The third kappa shape index (κ3) is 5.82. The van der Waals surface area contributed by atoms with Gasteiger partial charge in [0.05, 0.1) is 0 Å². The van der Waals surface area contributed by atoms with E-state index in [4.69, 9.17) is 5.11 Å². The zero-order chi connectivity index (χ0) is 13.4. The topological polar surface area (TPSA) is 66.4 Å². The standard InChI is InChI=1S/C13H16BrNO3/c14-11-7-5-10(6-8-11)13(18)15-9-3-1-2-4-12(16)17/h5-8H,1-4,9H2,(H,15,18)(H,16,17). The van der Waals surface area contributed by atoms with Gasteiger partial charge in [-0.05, 0) is 37.1 Å². The molecular weight excluding hydrogens is 298 g/mol. The predicted molar refractivity (Wildman–Crippen MR) is 72.6 cm³/mol. The first-order chi connectivity index (χ1) is 8.59. The summed E-state index contributed by atoms with van der Waals surface area (Å²) in [5.74, 6) is -0.866. The van der Waals surface area contributed by atoms with Gasteiger partial charge in [-0.25, -0.2) is 0 Å². The highest BCUT2D eigenvalue weighted by Gasteiger charge is 2.04. The number of hydrogen-bond donors (Lipinski definition) is 2. The number of rotatable bonds is 7. The van der Waals surface area contributed by atoms with Crippen molar-refractivity contribution in [3.05, 3.63) is 34.3 Å². The summed E-state index contributed by atoms with van der Waals surface area (Å²) in [6, 6.07) is 7.15. The van der Waals surface area contributed by atoms with Gasteiger partial charge in [-0.3, -0.25) is 9.59 Å². The molecule has 0 aliphatic rings. The van der Waals surface area contributed by atoms with Crippen LogP contribution in [0.1, 0.15) is 36.0 Å². The zero-order valence-corrected chi connectivity index (χ0v) is 11.6. The number of carbonyl (C=O) groups excluding carboxylic acids is 1. The smallest absolute Gasteiger partial charge is 0.303 e. The summed E-state index contributed by atoms with van der Waals surface area (Å²) in [5.41, 5.74) is 0.628. The van der Waals surface area contributed by atoms with E-state index in [1.165, 1.54) is 0 Å². The van der Waals surface area contributed by atoms with Gasteiger partial charge in [0, 0.05) is 23.0 Å². The van der Waals surface area contributed by atoms with E-state index in [9.17, 15) is 9.59 Å². The maximum absolute atomic E-state index is 11.7. The molecule has 0 atom stereocenters. The Kier molecular flexibility index (Phi) is 6.43. The predicted octanol–water partition coefficient (Wildman–Crippen LogP) is 2.82. The fourth-order valence-electron chi connectivity index (χ4n) is 1.48. The van der Waals surface area contributed by atoms with E-state index in [1.807, 2.05) is 12.1 Å². The Balaban J connectivity index is 2.17. The molecule has 0 bridgehead atoms. The maximum atomic E-state index is 11.7. The molecule has 0 spiro atoms. The molecular formula is C13H16BrNO3. The Bertz CT molecular complexity index is 403. The number of hydrogen-bond acceptors (Lipinski definition) is 2. The van der Waals surface area contributed by atoms with Crippen molar-refractivity contribution in [1.29, 1.82) is 0 Å². The van der Waals surface area contributed by atoms with Crippen molar-refractivity contribution in [3.8, 4) is 0 Å². The fourth-order valence-corrected chi connectivity index (χ4v) is 1.75. The van der Waals surface area contributed by atoms with E-state index in [1.54, 1.807) is 12.1 Å². The van der Waals surface area contributed by atoms with Crippen LogP contribution in [0, 0.1) is 0 Å². The molecule has 0 saturated heterocycles. The van der Waals surface area contributed by atoms with E-state index < -0.39 is 5.97 Å². The minimum absolute atomic E-state index is 0.0965. The molecule has 1 aromatic carbocycles. The average Bonchev–Trinajstić information content (AvgIpc) is 2.34. The van der Waals surface area contributed by atoms with Crippen LogP contribution in [0.3, 0.4) is 0 Å². The Morgan fingerprint density at radius 1 is 1.11 bits per heavy atom. The van der Waals surface area contributed by atoms with Crippen LogP contribution in [-0.4, -0.2) is 23.5 Å². The van der Waals surface area contributed by atoms with Crippen LogP contribution in [0.15, 0.2) is 28.7 Å². The van der Waals surface area contributed by atoms with E-state index >= 15 is 0 Å². The number of halogens is 1. The number of nitrogens with one attached hydrogen (secondary N) is 1. The number of unbranched alkanes of at least 4 members (excludes halogenated alkanes) is 2. The molecule has 0 heterocycles.